The quantitative estimate of drug-likeness (QED) is 0.289. The van der Waals surface area contributed by atoms with Crippen molar-refractivity contribution in [3.8, 4) is 27.6 Å². The first-order valence-corrected chi connectivity index (χ1v) is 13.0. The Morgan fingerprint density at radius 1 is 1.29 bits per heavy atom. The predicted octanol–water partition coefficient (Wildman–Crippen LogP) is 4.94. The molecule has 0 bridgehead atoms. The van der Waals surface area contributed by atoms with Crippen LogP contribution in [0.2, 0.25) is 0 Å². The Kier molecular flexibility index (Phi) is 6.94. The number of ether oxygens (including phenoxy) is 1. The van der Waals surface area contributed by atoms with E-state index in [4.69, 9.17) is 20.9 Å². The first kappa shape index (κ1) is 21.9. The zero-order valence-corrected chi connectivity index (χ0v) is 19.7. The number of amides is 1. The largest absolute Gasteiger partial charge is 0.484 e. The van der Waals surface area contributed by atoms with Crippen LogP contribution in [0, 0.1) is 5.41 Å². The highest BCUT2D eigenvalue weighted by molar-refractivity contribution is 8.00. The maximum absolute atomic E-state index is 12.4. The molecule has 1 aliphatic rings. The number of hydrogen-bond acceptors (Lipinski definition) is 7. The number of benzene rings is 1. The highest BCUT2D eigenvalue weighted by Gasteiger charge is 2.18. The Hall–Kier alpha value is -2.36. The van der Waals surface area contributed by atoms with Crippen molar-refractivity contribution in [2.24, 2.45) is 5.73 Å². The van der Waals surface area contributed by atoms with Crippen LogP contribution >= 0.6 is 34.4 Å². The number of nitrogen functional groups attached to an aromatic ring is 1. The van der Waals surface area contributed by atoms with Crippen LogP contribution in [0.4, 0.5) is 0 Å². The molecule has 0 atom stereocenters. The van der Waals surface area contributed by atoms with Crippen LogP contribution < -0.4 is 10.5 Å². The van der Waals surface area contributed by atoms with Crippen molar-refractivity contribution in [2.45, 2.75) is 23.5 Å². The number of nitrogens with zero attached hydrogens (tertiary/aromatic N) is 2. The number of likely N-dealkylation sites (tertiary alicyclic amines) is 1. The first-order valence-electron chi connectivity index (χ1n) is 10.0. The highest BCUT2D eigenvalue weighted by Crippen LogP contribution is 2.40. The van der Waals surface area contributed by atoms with Crippen molar-refractivity contribution < 1.29 is 9.53 Å². The molecule has 3 aromatic rings. The summed E-state index contributed by atoms with van der Waals surface area (Å²) in [6, 6.07) is 9.63. The van der Waals surface area contributed by atoms with Crippen LogP contribution in [0.3, 0.4) is 0 Å². The molecule has 3 heterocycles. The Balaban J connectivity index is 1.48. The topological polar surface area (TPSA) is 92.3 Å². The second-order valence-corrected chi connectivity index (χ2v) is 10.2. The molecule has 1 fully saturated rings. The summed E-state index contributed by atoms with van der Waals surface area (Å²) in [5, 5.41) is 10.6. The third-order valence-corrected chi connectivity index (χ3v) is 8.26. The normalized spacial score (nSPS) is 13.9. The molecule has 3 N–H and O–H groups in total. The van der Waals surface area contributed by atoms with E-state index in [0.29, 0.717) is 5.75 Å². The smallest absolute Gasteiger partial charge is 0.260 e. The molecule has 0 aliphatic carbocycles. The number of nitrogens with one attached hydrogen (secondary N) is 1. The van der Waals surface area contributed by atoms with E-state index in [1.54, 1.807) is 23.1 Å². The van der Waals surface area contributed by atoms with Crippen LogP contribution in [0.5, 0.6) is 5.75 Å². The Bertz CT molecular complexity index is 1090. The molecule has 1 saturated heterocycles. The molecule has 4 rings (SSSR count). The van der Waals surface area contributed by atoms with Crippen LogP contribution in [0.15, 0.2) is 39.9 Å². The molecule has 0 unspecified atom stereocenters. The Morgan fingerprint density at radius 3 is 2.84 bits per heavy atom. The Labute approximate surface area is 194 Å². The van der Waals surface area contributed by atoms with Crippen LogP contribution in [0.25, 0.3) is 21.8 Å². The molecule has 1 aromatic carbocycles. The summed E-state index contributed by atoms with van der Waals surface area (Å²) in [5.41, 5.74) is 8.48. The SMILES string of the molecule is CSc1sc(C(=N)N)cc1-c1nc(-c2cccc(OCC(=O)N3CCCCC3)c2)cs1. The third-order valence-electron chi connectivity index (χ3n) is 5.08. The highest BCUT2D eigenvalue weighted by atomic mass is 32.2. The number of thioether (sulfide) groups is 1. The maximum atomic E-state index is 12.4. The lowest BCUT2D eigenvalue weighted by molar-refractivity contribution is -0.134. The summed E-state index contributed by atoms with van der Waals surface area (Å²) >= 11 is 4.71. The summed E-state index contributed by atoms with van der Waals surface area (Å²) in [6.07, 6.45) is 5.36. The van der Waals surface area contributed by atoms with Crippen LogP contribution in [0.1, 0.15) is 24.1 Å². The monoisotopic (exact) mass is 472 g/mol. The molecule has 0 radical (unpaired) electrons. The molecule has 1 amide bonds. The molecule has 9 heteroatoms. The van der Waals surface area contributed by atoms with Gasteiger partial charge in [-0.1, -0.05) is 12.1 Å². The van der Waals surface area contributed by atoms with E-state index in [2.05, 4.69) is 0 Å². The van der Waals surface area contributed by atoms with Gasteiger partial charge in [0.1, 0.15) is 16.6 Å². The number of rotatable bonds is 7. The number of thiazole rings is 1. The van der Waals surface area contributed by atoms with E-state index < -0.39 is 0 Å². The minimum Gasteiger partial charge on any atom is -0.484 e. The number of piperidine rings is 1. The van der Waals surface area contributed by atoms with Gasteiger partial charge in [0, 0.05) is 29.6 Å². The Morgan fingerprint density at radius 2 is 2.10 bits per heavy atom. The van der Waals surface area contributed by atoms with E-state index in [9.17, 15) is 4.79 Å². The van der Waals surface area contributed by atoms with E-state index in [0.717, 1.165) is 56.8 Å². The summed E-state index contributed by atoms with van der Waals surface area (Å²) in [7, 11) is 0. The molecule has 31 heavy (non-hydrogen) atoms. The standard InChI is InChI=1S/C22H24N4O2S3/c1-29-22-16(11-18(31-22)20(23)24)21-25-17(13-30-21)14-6-5-7-15(10-14)28-12-19(27)26-8-3-2-4-9-26/h5-7,10-11,13H,2-4,8-9,12H2,1H3,(H3,23,24). The van der Waals surface area contributed by atoms with Gasteiger partial charge in [-0.05, 0) is 43.7 Å². The van der Waals surface area contributed by atoms with Crippen molar-refractivity contribution >= 4 is 46.2 Å². The molecule has 0 saturated carbocycles. The van der Waals surface area contributed by atoms with Gasteiger partial charge in [-0.2, -0.15) is 0 Å². The summed E-state index contributed by atoms with van der Waals surface area (Å²) < 4.78 is 6.88. The molecule has 2 aromatic heterocycles. The fourth-order valence-corrected chi connectivity index (χ4v) is 6.17. The van der Waals surface area contributed by atoms with Gasteiger partial charge < -0.3 is 15.4 Å². The van der Waals surface area contributed by atoms with Gasteiger partial charge >= 0.3 is 0 Å². The molecule has 6 nitrogen and oxygen atoms in total. The van der Waals surface area contributed by atoms with Crippen LogP contribution in [-0.4, -0.2) is 47.6 Å². The average molecular weight is 473 g/mol. The van der Waals surface area contributed by atoms with Gasteiger partial charge in [0.05, 0.1) is 14.8 Å². The number of nitrogens with two attached hydrogens (primary N) is 1. The lowest BCUT2D eigenvalue weighted by Gasteiger charge is -2.26. The summed E-state index contributed by atoms with van der Waals surface area (Å²) in [4.78, 5) is 19.8. The molecule has 1 aliphatic heterocycles. The average Bonchev–Trinajstić information content (AvgIpc) is 3.45. The third kappa shape index (κ3) is 5.11. The van der Waals surface area contributed by atoms with Crippen LogP contribution in [-0.2, 0) is 4.79 Å². The number of carbonyl (C=O) groups excluding carboxylic acids is 1. The molecule has 162 valence electrons. The molecule has 0 spiro atoms. The van der Waals surface area contributed by atoms with Gasteiger partial charge in [-0.15, -0.1) is 34.4 Å². The van der Waals surface area contributed by atoms with Gasteiger partial charge in [-0.3, -0.25) is 10.2 Å². The zero-order chi connectivity index (χ0) is 21.8. The van der Waals surface area contributed by atoms with Gasteiger partial charge in [0.15, 0.2) is 6.61 Å². The van der Waals surface area contributed by atoms with Gasteiger partial charge in [0.25, 0.3) is 5.91 Å². The fraction of sp³-hybridized carbons (Fsp3) is 0.318. The van der Waals surface area contributed by atoms with Gasteiger partial charge in [0.2, 0.25) is 0 Å². The number of carbonyl (C=O) groups is 1. The summed E-state index contributed by atoms with van der Waals surface area (Å²) in [5.74, 6) is 0.785. The second kappa shape index (κ2) is 9.84. The van der Waals surface area contributed by atoms with Crippen molar-refractivity contribution in [1.29, 1.82) is 5.41 Å². The lowest BCUT2D eigenvalue weighted by atomic mass is 10.1. The van der Waals surface area contributed by atoms with Crippen molar-refractivity contribution in [3.05, 3.63) is 40.6 Å². The molecular formula is C22H24N4O2S3. The first-order chi connectivity index (χ1) is 15.0. The van der Waals surface area contributed by atoms with E-state index in [1.807, 2.05) is 46.9 Å². The number of amidine groups is 1. The lowest BCUT2D eigenvalue weighted by Crippen LogP contribution is -2.38. The maximum Gasteiger partial charge on any atom is 0.260 e. The second-order valence-electron chi connectivity index (χ2n) is 7.23. The van der Waals surface area contributed by atoms with E-state index >= 15 is 0 Å². The minimum atomic E-state index is 0.0457. The number of aromatic nitrogens is 1. The van der Waals surface area contributed by atoms with Crippen molar-refractivity contribution in [2.75, 3.05) is 26.0 Å². The molecular weight excluding hydrogens is 448 g/mol. The van der Waals surface area contributed by atoms with E-state index in [-0.39, 0.29) is 18.3 Å². The minimum absolute atomic E-state index is 0.0457. The van der Waals surface area contributed by atoms with Crippen molar-refractivity contribution in [1.82, 2.24) is 9.88 Å². The number of hydrogen-bond donors (Lipinski definition) is 2. The van der Waals surface area contributed by atoms with E-state index in [1.165, 1.54) is 17.8 Å². The predicted molar refractivity (Wildman–Crippen MR) is 130 cm³/mol. The zero-order valence-electron chi connectivity index (χ0n) is 17.2. The van der Waals surface area contributed by atoms with Crippen molar-refractivity contribution in [3.63, 3.8) is 0 Å². The number of thiophene rings is 1. The fourth-order valence-electron chi connectivity index (χ4n) is 3.46. The summed E-state index contributed by atoms with van der Waals surface area (Å²) in [6.45, 7) is 1.72. The van der Waals surface area contributed by atoms with Gasteiger partial charge in [-0.25, -0.2) is 4.98 Å².